The minimum atomic E-state index is -0.451. The maximum absolute atomic E-state index is 14.8. The lowest BCUT2D eigenvalue weighted by atomic mass is 9.86. The number of hydrogen-bond acceptors (Lipinski definition) is 5. The molecule has 2 aliphatic rings. The normalized spacial score (nSPS) is 19.1. The molecule has 0 saturated carbocycles. The molecular formula is C38H46Cl2N4O3. The van der Waals surface area contributed by atoms with Crippen molar-refractivity contribution >= 4 is 40.9 Å². The van der Waals surface area contributed by atoms with E-state index in [-0.39, 0.29) is 17.2 Å². The monoisotopic (exact) mass is 676 g/mol. The number of Topliss-reactive ketones (excluding diaryl/α,β-unsaturated/α-hetero) is 1. The van der Waals surface area contributed by atoms with Crippen LogP contribution in [0.1, 0.15) is 82.8 Å². The van der Waals surface area contributed by atoms with Crippen LogP contribution in [0.3, 0.4) is 0 Å². The molecule has 250 valence electrons. The molecule has 0 aromatic heterocycles. The Morgan fingerprint density at radius 3 is 1.94 bits per heavy atom. The van der Waals surface area contributed by atoms with E-state index in [9.17, 15) is 9.59 Å². The van der Waals surface area contributed by atoms with Gasteiger partial charge in [0, 0.05) is 41.6 Å². The number of carbonyl (C=O) groups excluding carboxylic acids is 2. The molecule has 0 bridgehead atoms. The lowest BCUT2D eigenvalue weighted by Gasteiger charge is -2.39. The lowest BCUT2D eigenvalue weighted by molar-refractivity contribution is -0.127. The molecule has 0 aliphatic carbocycles. The SMILES string of the molecule is CCOc1cc(C(C)(C)C)ccc1C1=N[C@@H](c2ccc(Cl)cc2)[C@@H](c2ccc(Cl)cc2)N1C(=O)N1CCN(CC(=O)C(C)(C)C)CC1. The fourth-order valence-electron chi connectivity index (χ4n) is 5.99. The average Bonchev–Trinajstić information content (AvgIpc) is 3.41. The second-order valence-corrected chi connectivity index (χ2v) is 15.3. The number of aliphatic imine (C=N–C) groups is 1. The predicted octanol–water partition coefficient (Wildman–Crippen LogP) is 8.59. The van der Waals surface area contributed by atoms with E-state index in [1.165, 1.54) is 0 Å². The van der Waals surface area contributed by atoms with Gasteiger partial charge in [-0.2, -0.15) is 0 Å². The standard InChI is InChI=1S/C38H46Cl2N4O3/c1-8-47-31-23-27(37(2,3)4)13-18-30(31)35-41-33(25-9-14-28(39)15-10-25)34(26-11-16-29(40)17-12-26)44(35)36(46)43-21-19-42(20-22-43)24-32(45)38(5,6)7/h9-18,23,33-34H,8,19-22,24H2,1-7H3/t33-,34+/m0/s1. The maximum Gasteiger partial charge on any atom is 0.326 e. The molecule has 7 nitrogen and oxygen atoms in total. The van der Waals surface area contributed by atoms with E-state index in [4.69, 9.17) is 32.9 Å². The summed E-state index contributed by atoms with van der Waals surface area (Å²) in [5, 5.41) is 1.25. The Morgan fingerprint density at radius 2 is 1.40 bits per heavy atom. The Kier molecular flexibility index (Phi) is 10.4. The lowest BCUT2D eigenvalue weighted by Crippen LogP contribution is -2.55. The van der Waals surface area contributed by atoms with E-state index in [2.05, 4.69) is 37.8 Å². The number of ether oxygens (including phenoxy) is 1. The van der Waals surface area contributed by atoms with Crippen LogP contribution in [0.5, 0.6) is 5.75 Å². The minimum Gasteiger partial charge on any atom is -0.493 e. The molecule has 0 radical (unpaired) electrons. The van der Waals surface area contributed by atoms with Crippen LogP contribution in [0.4, 0.5) is 4.79 Å². The summed E-state index contributed by atoms with van der Waals surface area (Å²) in [5.74, 6) is 1.44. The number of ketones is 1. The van der Waals surface area contributed by atoms with Crippen molar-refractivity contribution in [1.82, 2.24) is 14.7 Å². The minimum absolute atomic E-state index is 0.0941. The molecule has 9 heteroatoms. The first-order valence-corrected chi connectivity index (χ1v) is 17.1. The summed E-state index contributed by atoms with van der Waals surface area (Å²) in [4.78, 5) is 38.8. The topological polar surface area (TPSA) is 65.5 Å². The maximum atomic E-state index is 14.8. The summed E-state index contributed by atoms with van der Waals surface area (Å²) in [6.45, 7) is 17.4. The van der Waals surface area contributed by atoms with Gasteiger partial charge in [0.25, 0.3) is 0 Å². The van der Waals surface area contributed by atoms with Crippen LogP contribution in [-0.2, 0) is 10.2 Å². The molecule has 0 spiro atoms. The number of amides is 2. The van der Waals surface area contributed by atoms with E-state index >= 15 is 0 Å². The summed E-state index contributed by atoms with van der Waals surface area (Å²) in [6.07, 6.45) is 0. The number of benzene rings is 3. The van der Waals surface area contributed by atoms with Crippen molar-refractivity contribution in [3.8, 4) is 5.75 Å². The van der Waals surface area contributed by atoms with Crippen molar-refractivity contribution in [2.45, 2.75) is 66.0 Å². The molecule has 47 heavy (non-hydrogen) atoms. The highest BCUT2D eigenvalue weighted by atomic mass is 35.5. The highest BCUT2D eigenvalue weighted by Crippen LogP contribution is 2.46. The molecule has 1 saturated heterocycles. The number of rotatable bonds is 7. The zero-order valence-electron chi connectivity index (χ0n) is 28.5. The number of carbonyl (C=O) groups is 2. The molecular weight excluding hydrogens is 631 g/mol. The summed E-state index contributed by atoms with van der Waals surface area (Å²) in [5.41, 5.74) is 3.25. The van der Waals surface area contributed by atoms with Gasteiger partial charge >= 0.3 is 6.03 Å². The van der Waals surface area contributed by atoms with Gasteiger partial charge in [0.05, 0.1) is 24.8 Å². The Labute approximate surface area is 289 Å². The first-order valence-electron chi connectivity index (χ1n) is 16.4. The highest BCUT2D eigenvalue weighted by molar-refractivity contribution is 6.30. The smallest absolute Gasteiger partial charge is 0.326 e. The van der Waals surface area contributed by atoms with E-state index in [0.717, 1.165) is 22.3 Å². The Balaban J connectivity index is 1.59. The third kappa shape index (κ3) is 7.85. The van der Waals surface area contributed by atoms with Gasteiger partial charge in [-0.3, -0.25) is 19.6 Å². The largest absolute Gasteiger partial charge is 0.493 e. The van der Waals surface area contributed by atoms with Gasteiger partial charge < -0.3 is 9.64 Å². The fraction of sp³-hybridized carbons (Fsp3) is 0.447. The molecule has 2 amide bonds. The first kappa shape index (κ1) is 34.9. The zero-order chi connectivity index (χ0) is 34.1. The summed E-state index contributed by atoms with van der Waals surface area (Å²) in [7, 11) is 0. The third-order valence-electron chi connectivity index (χ3n) is 8.93. The zero-order valence-corrected chi connectivity index (χ0v) is 30.0. The van der Waals surface area contributed by atoms with E-state index < -0.39 is 17.5 Å². The number of urea groups is 1. The number of hydrogen-bond donors (Lipinski definition) is 0. The summed E-state index contributed by atoms with van der Waals surface area (Å²) in [6, 6.07) is 20.5. The number of amidine groups is 1. The van der Waals surface area contributed by atoms with Crippen LogP contribution < -0.4 is 4.74 Å². The highest BCUT2D eigenvalue weighted by Gasteiger charge is 2.45. The molecule has 3 aromatic carbocycles. The predicted molar refractivity (Wildman–Crippen MR) is 191 cm³/mol. The van der Waals surface area contributed by atoms with Gasteiger partial charge in [-0.1, -0.05) is 95.1 Å². The van der Waals surface area contributed by atoms with Crippen LogP contribution in [0.2, 0.25) is 10.0 Å². The van der Waals surface area contributed by atoms with Crippen LogP contribution in [0.25, 0.3) is 0 Å². The van der Waals surface area contributed by atoms with E-state index in [1.54, 1.807) is 0 Å². The van der Waals surface area contributed by atoms with Gasteiger partial charge in [-0.25, -0.2) is 4.79 Å². The molecule has 0 unspecified atom stereocenters. The number of halogens is 2. The Hall–Kier alpha value is -3.39. The van der Waals surface area contributed by atoms with Crippen molar-refractivity contribution in [2.24, 2.45) is 10.4 Å². The van der Waals surface area contributed by atoms with E-state index in [0.29, 0.717) is 61.0 Å². The second-order valence-electron chi connectivity index (χ2n) is 14.4. The van der Waals surface area contributed by atoms with Gasteiger partial charge in [-0.05, 0) is 65.4 Å². The van der Waals surface area contributed by atoms with Crippen LogP contribution in [-0.4, -0.2) is 71.7 Å². The molecule has 3 aromatic rings. The molecule has 2 atom stereocenters. The Bertz CT molecular complexity index is 1620. The molecule has 2 aliphatic heterocycles. The summed E-state index contributed by atoms with van der Waals surface area (Å²) >= 11 is 12.6. The van der Waals surface area contributed by atoms with Crippen LogP contribution in [0.15, 0.2) is 71.7 Å². The number of piperazine rings is 1. The van der Waals surface area contributed by atoms with Gasteiger partial charge in [0.1, 0.15) is 17.6 Å². The first-order chi connectivity index (χ1) is 22.2. The Morgan fingerprint density at radius 1 is 0.830 bits per heavy atom. The third-order valence-corrected chi connectivity index (χ3v) is 9.43. The van der Waals surface area contributed by atoms with Gasteiger partial charge in [0.2, 0.25) is 0 Å². The number of nitrogens with zero attached hydrogens (tertiary/aromatic N) is 4. The van der Waals surface area contributed by atoms with Crippen LogP contribution in [0, 0.1) is 5.41 Å². The average molecular weight is 678 g/mol. The molecule has 0 N–H and O–H groups in total. The second kappa shape index (κ2) is 14.0. The van der Waals surface area contributed by atoms with Crippen molar-refractivity contribution in [3.05, 3.63) is 99.0 Å². The van der Waals surface area contributed by atoms with Crippen molar-refractivity contribution < 1.29 is 14.3 Å². The van der Waals surface area contributed by atoms with E-state index in [1.807, 2.05) is 92.1 Å². The quantitative estimate of drug-likeness (QED) is 0.251. The van der Waals surface area contributed by atoms with Crippen molar-refractivity contribution in [1.29, 1.82) is 0 Å². The molecule has 5 rings (SSSR count). The van der Waals surface area contributed by atoms with Crippen molar-refractivity contribution in [3.63, 3.8) is 0 Å². The summed E-state index contributed by atoms with van der Waals surface area (Å²) < 4.78 is 6.24. The van der Waals surface area contributed by atoms with Gasteiger partial charge in [-0.15, -0.1) is 0 Å². The fourth-order valence-corrected chi connectivity index (χ4v) is 6.24. The molecule has 2 heterocycles. The van der Waals surface area contributed by atoms with Gasteiger partial charge in [0.15, 0.2) is 5.78 Å². The molecule has 1 fully saturated rings. The van der Waals surface area contributed by atoms with Crippen LogP contribution >= 0.6 is 23.2 Å². The van der Waals surface area contributed by atoms with Crippen molar-refractivity contribution in [2.75, 3.05) is 39.3 Å².